The highest BCUT2D eigenvalue weighted by atomic mass is 14.8. The molecule has 0 spiro atoms. The second kappa shape index (κ2) is 4.71. The van der Waals surface area contributed by atoms with Crippen molar-refractivity contribution in [3.63, 3.8) is 0 Å². The summed E-state index contributed by atoms with van der Waals surface area (Å²) in [7, 11) is 3.88. The Hall–Kier alpha value is -1.96. The summed E-state index contributed by atoms with van der Waals surface area (Å²) in [4.78, 5) is 0. The minimum absolute atomic E-state index is 1.12. The van der Waals surface area contributed by atoms with E-state index >= 15 is 0 Å². The molecule has 2 N–H and O–H groups in total. The van der Waals surface area contributed by atoms with Gasteiger partial charge in [0.15, 0.2) is 0 Å². The van der Waals surface area contributed by atoms with E-state index < -0.39 is 0 Å². The summed E-state index contributed by atoms with van der Waals surface area (Å²) in [6.07, 6.45) is 0. The van der Waals surface area contributed by atoms with Crippen LogP contribution in [0.25, 0.3) is 11.1 Å². The number of benzene rings is 2. The minimum atomic E-state index is 1.12. The van der Waals surface area contributed by atoms with E-state index in [-0.39, 0.29) is 0 Å². The van der Waals surface area contributed by atoms with E-state index in [4.69, 9.17) is 0 Å². The van der Waals surface area contributed by atoms with Gasteiger partial charge in [-0.3, -0.25) is 0 Å². The van der Waals surface area contributed by atoms with Gasteiger partial charge in [-0.05, 0) is 23.8 Å². The molecular weight excluding hydrogens is 196 g/mol. The number of hydrogen-bond donors (Lipinski definition) is 2. The monoisotopic (exact) mass is 212 g/mol. The van der Waals surface area contributed by atoms with Crippen LogP contribution in [0.1, 0.15) is 0 Å². The molecule has 0 saturated carbocycles. The van der Waals surface area contributed by atoms with E-state index in [1.165, 1.54) is 11.1 Å². The first-order chi connectivity index (χ1) is 7.85. The lowest BCUT2D eigenvalue weighted by Gasteiger charge is -2.11. The SMILES string of the molecule is CNc1ccc(NC)c(-c2ccccc2)c1. The van der Waals surface area contributed by atoms with Gasteiger partial charge in [0, 0.05) is 31.0 Å². The van der Waals surface area contributed by atoms with E-state index in [2.05, 4.69) is 53.1 Å². The highest BCUT2D eigenvalue weighted by Crippen LogP contribution is 2.30. The molecule has 82 valence electrons. The van der Waals surface area contributed by atoms with Crippen molar-refractivity contribution in [2.24, 2.45) is 0 Å². The minimum Gasteiger partial charge on any atom is -0.388 e. The summed E-state index contributed by atoms with van der Waals surface area (Å²) >= 11 is 0. The van der Waals surface area contributed by atoms with Gasteiger partial charge >= 0.3 is 0 Å². The zero-order chi connectivity index (χ0) is 11.4. The van der Waals surface area contributed by atoms with Gasteiger partial charge in [0.25, 0.3) is 0 Å². The summed E-state index contributed by atoms with van der Waals surface area (Å²) in [5.41, 5.74) is 4.71. The summed E-state index contributed by atoms with van der Waals surface area (Å²) in [5.74, 6) is 0. The fourth-order valence-electron chi connectivity index (χ4n) is 1.77. The molecule has 0 atom stereocenters. The molecule has 0 unspecified atom stereocenters. The molecule has 2 aromatic rings. The van der Waals surface area contributed by atoms with Crippen LogP contribution in [0.2, 0.25) is 0 Å². The van der Waals surface area contributed by atoms with Crippen molar-refractivity contribution < 1.29 is 0 Å². The van der Waals surface area contributed by atoms with Crippen LogP contribution >= 0.6 is 0 Å². The Bertz CT molecular complexity index is 463. The van der Waals surface area contributed by atoms with Crippen LogP contribution in [-0.4, -0.2) is 14.1 Å². The quantitative estimate of drug-likeness (QED) is 0.814. The van der Waals surface area contributed by atoms with Crippen molar-refractivity contribution in [3.8, 4) is 11.1 Å². The average Bonchev–Trinajstić information content (AvgIpc) is 2.39. The Kier molecular flexibility index (Phi) is 3.10. The Morgan fingerprint density at radius 3 is 2.19 bits per heavy atom. The van der Waals surface area contributed by atoms with Crippen LogP contribution in [0.3, 0.4) is 0 Å². The van der Waals surface area contributed by atoms with Crippen LogP contribution in [0, 0.1) is 0 Å². The maximum Gasteiger partial charge on any atom is 0.0418 e. The van der Waals surface area contributed by atoms with E-state index in [1.54, 1.807) is 0 Å². The molecule has 0 heterocycles. The number of anilines is 2. The third-order valence-electron chi connectivity index (χ3n) is 2.66. The third kappa shape index (κ3) is 2.01. The maximum atomic E-state index is 3.22. The summed E-state index contributed by atoms with van der Waals surface area (Å²) in [5, 5.41) is 6.38. The standard InChI is InChI=1S/C14H16N2/c1-15-12-8-9-14(16-2)13(10-12)11-6-4-3-5-7-11/h3-10,15-16H,1-2H3. The van der Waals surface area contributed by atoms with Gasteiger partial charge in [-0.15, -0.1) is 0 Å². The Balaban J connectivity index is 2.53. The Morgan fingerprint density at radius 2 is 1.56 bits per heavy atom. The average molecular weight is 212 g/mol. The molecule has 0 radical (unpaired) electrons. The van der Waals surface area contributed by atoms with Gasteiger partial charge in [0.05, 0.1) is 0 Å². The number of rotatable bonds is 3. The molecular formula is C14H16N2. The molecule has 0 amide bonds. The van der Waals surface area contributed by atoms with Crippen molar-refractivity contribution in [2.75, 3.05) is 24.7 Å². The Morgan fingerprint density at radius 1 is 0.812 bits per heavy atom. The highest BCUT2D eigenvalue weighted by molar-refractivity contribution is 5.80. The van der Waals surface area contributed by atoms with Crippen molar-refractivity contribution >= 4 is 11.4 Å². The Labute approximate surface area is 96.3 Å². The zero-order valence-corrected chi connectivity index (χ0v) is 9.62. The van der Waals surface area contributed by atoms with Crippen molar-refractivity contribution in [1.29, 1.82) is 0 Å². The summed E-state index contributed by atoms with van der Waals surface area (Å²) in [6.45, 7) is 0. The molecule has 0 aromatic heterocycles. The zero-order valence-electron chi connectivity index (χ0n) is 9.62. The number of nitrogens with one attached hydrogen (secondary N) is 2. The lowest BCUT2D eigenvalue weighted by molar-refractivity contribution is 1.46. The van der Waals surface area contributed by atoms with E-state index in [9.17, 15) is 0 Å². The van der Waals surface area contributed by atoms with Crippen LogP contribution < -0.4 is 10.6 Å². The molecule has 0 aliphatic heterocycles. The first-order valence-electron chi connectivity index (χ1n) is 5.40. The van der Waals surface area contributed by atoms with Gasteiger partial charge in [0.2, 0.25) is 0 Å². The van der Waals surface area contributed by atoms with Gasteiger partial charge in [0.1, 0.15) is 0 Å². The normalized spacial score (nSPS) is 9.88. The van der Waals surface area contributed by atoms with E-state index in [0.717, 1.165) is 11.4 Å². The fraction of sp³-hybridized carbons (Fsp3) is 0.143. The van der Waals surface area contributed by atoms with Gasteiger partial charge < -0.3 is 10.6 Å². The molecule has 2 rings (SSSR count). The second-order valence-corrected chi connectivity index (χ2v) is 3.63. The van der Waals surface area contributed by atoms with Crippen LogP contribution in [0.5, 0.6) is 0 Å². The molecule has 2 nitrogen and oxygen atoms in total. The lowest BCUT2D eigenvalue weighted by Crippen LogP contribution is -1.94. The fourth-order valence-corrected chi connectivity index (χ4v) is 1.77. The molecule has 0 aliphatic rings. The molecule has 16 heavy (non-hydrogen) atoms. The topological polar surface area (TPSA) is 24.1 Å². The molecule has 0 aliphatic carbocycles. The van der Waals surface area contributed by atoms with Crippen LogP contribution in [0.15, 0.2) is 48.5 Å². The van der Waals surface area contributed by atoms with Crippen LogP contribution in [-0.2, 0) is 0 Å². The molecule has 2 aromatic carbocycles. The molecule has 2 heteroatoms. The predicted molar refractivity (Wildman–Crippen MR) is 71.0 cm³/mol. The van der Waals surface area contributed by atoms with Gasteiger partial charge in [-0.1, -0.05) is 30.3 Å². The smallest absolute Gasteiger partial charge is 0.0418 e. The summed E-state index contributed by atoms with van der Waals surface area (Å²) < 4.78 is 0. The highest BCUT2D eigenvalue weighted by Gasteiger charge is 2.04. The molecule has 0 saturated heterocycles. The first-order valence-corrected chi connectivity index (χ1v) is 5.40. The maximum absolute atomic E-state index is 3.22. The summed E-state index contributed by atoms with van der Waals surface area (Å²) in [6, 6.07) is 16.7. The van der Waals surface area contributed by atoms with E-state index in [1.807, 2.05) is 20.2 Å². The van der Waals surface area contributed by atoms with E-state index in [0.29, 0.717) is 0 Å². The third-order valence-corrected chi connectivity index (χ3v) is 2.66. The van der Waals surface area contributed by atoms with Crippen molar-refractivity contribution in [3.05, 3.63) is 48.5 Å². The lowest BCUT2D eigenvalue weighted by atomic mass is 10.0. The molecule has 0 fully saturated rings. The van der Waals surface area contributed by atoms with Crippen LogP contribution in [0.4, 0.5) is 11.4 Å². The van der Waals surface area contributed by atoms with Gasteiger partial charge in [-0.25, -0.2) is 0 Å². The largest absolute Gasteiger partial charge is 0.388 e. The van der Waals surface area contributed by atoms with Gasteiger partial charge in [-0.2, -0.15) is 0 Å². The number of hydrogen-bond acceptors (Lipinski definition) is 2. The molecule has 0 bridgehead atoms. The second-order valence-electron chi connectivity index (χ2n) is 3.63. The van der Waals surface area contributed by atoms with Crippen molar-refractivity contribution in [2.45, 2.75) is 0 Å². The first kappa shape index (κ1) is 10.6. The van der Waals surface area contributed by atoms with Crippen molar-refractivity contribution in [1.82, 2.24) is 0 Å². The predicted octanol–water partition coefficient (Wildman–Crippen LogP) is 3.44.